The summed E-state index contributed by atoms with van der Waals surface area (Å²) in [6.07, 6.45) is 2.32. The molecule has 0 aliphatic carbocycles. The van der Waals surface area contributed by atoms with Gasteiger partial charge in [0.2, 0.25) is 0 Å². The van der Waals surface area contributed by atoms with Crippen LogP contribution in [-0.2, 0) is 9.84 Å². The summed E-state index contributed by atoms with van der Waals surface area (Å²) in [4.78, 5) is 6.07. The van der Waals surface area contributed by atoms with Crippen molar-refractivity contribution in [3.63, 3.8) is 0 Å². The molecule has 0 unspecified atom stereocenters. The summed E-state index contributed by atoms with van der Waals surface area (Å²) in [5.74, 6) is 6.36. The molecule has 1 aromatic heterocycles. The van der Waals surface area contributed by atoms with E-state index in [1.165, 1.54) is 0 Å². The van der Waals surface area contributed by atoms with Crippen LogP contribution in [0.2, 0.25) is 0 Å². The van der Waals surface area contributed by atoms with Gasteiger partial charge in [-0.2, -0.15) is 0 Å². The summed E-state index contributed by atoms with van der Waals surface area (Å²) in [5, 5.41) is 0. The van der Waals surface area contributed by atoms with E-state index in [1.54, 1.807) is 6.20 Å². The Morgan fingerprint density at radius 3 is 2.94 bits per heavy atom. The van der Waals surface area contributed by atoms with E-state index in [-0.39, 0.29) is 11.5 Å². The van der Waals surface area contributed by atoms with E-state index in [0.29, 0.717) is 18.8 Å². The molecule has 0 radical (unpaired) electrons. The van der Waals surface area contributed by atoms with E-state index < -0.39 is 9.84 Å². The minimum atomic E-state index is -2.87. The van der Waals surface area contributed by atoms with Gasteiger partial charge in [-0.1, -0.05) is 0 Å². The number of nitrogens with two attached hydrogens (primary N) is 1. The SMILES string of the molecule is NNc1cc(N2CCCS(=O)(=O)CC2)ccn1. The predicted molar refractivity (Wildman–Crippen MR) is 67.5 cm³/mol. The van der Waals surface area contributed by atoms with Crippen molar-refractivity contribution in [3.8, 4) is 0 Å². The molecule has 3 N–H and O–H groups in total. The van der Waals surface area contributed by atoms with Gasteiger partial charge in [0.05, 0.1) is 11.5 Å². The molecule has 2 rings (SSSR count). The van der Waals surface area contributed by atoms with Crippen molar-refractivity contribution < 1.29 is 8.42 Å². The van der Waals surface area contributed by atoms with Gasteiger partial charge in [0.15, 0.2) is 9.84 Å². The van der Waals surface area contributed by atoms with Gasteiger partial charge in [0.1, 0.15) is 5.82 Å². The zero-order valence-corrected chi connectivity index (χ0v) is 10.3. The number of nitrogens with zero attached hydrogens (tertiary/aromatic N) is 2. The number of hydrogen-bond donors (Lipinski definition) is 2. The Morgan fingerprint density at radius 1 is 1.35 bits per heavy atom. The minimum absolute atomic E-state index is 0.209. The maximum absolute atomic E-state index is 11.5. The molecule has 1 aromatic rings. The fraction of sp³-hybridized carbons (Fsp3) is 0.500. The van der Waals surface area contributed by atoms with Gasteiger partial charge < -0.3 is 10.3 Å². The number of pyridine rings is 1. The number of rotatable bonds is 2. The first kappa shape index (κ1) is 12.1. The van der Waals surface area contributed by atoms with Crippen LogP contribution in [0.25, 0.3) is 0 Å². The Kier molecular flexibility index (Phi) is 3.49. The standard InChI is InChI=1S/C10H16N4O2S/c11-13-10-8-9(2-3-12-10)14-4-1-6-17(15,16)7-5-14/h2-3,8H,1,4-7,11H2,(H,12,13). The molecule has 6 nitrogen and oxygen atoms in total. The maximum Gasteiger partial charge on any atom is 0.152 e. The predicted octanol–water partition coefficient (Wildman–Crippen LogP) is -0.00790. The highest BCUT2D eigenvalue weighted by atomic mass is 32.2. The highest BCUT2D eigenvalue weighted by molar-refractivity contribution is 7.91. The minimum Gasteiger partial charge on any atom is -0.370 e. The lowest BCUT2D eigenvalue weighted by Crippen LogP contribution is -2.26. The van der Waals surface area contributed by atoms with E-state index in [1.807, 2.05) is 17.0 Å². The van der Waals surface area contributed by atoms with Gasteiger partial charge in [-0.05, 0) is 12.5 Å². The number of nitrogen functional groups attached to an aromatic ring is 1. The van der Waals surface area contributed by atoms with Crippen molar-refractivity contribution in [3.05, 3.63) is 18.3 Å². The lowest BCUT2D eigenvalue weighted by atomic mass is 10.3. The molecule has 0 spiro atoms. The van der Waals surface area contributed by atoms with Gasteiger partial charge in [-0.3, -0.25) is 0 Å². The first-order chi connectivity index (χ1) is 8.11. The van der Waals surface area contributed by atoms with Crippen LogP contribution in [0.15, 0.2) is 18.3 Å². The zero-order chi connectivity index (χ0) is 12.3. The molecule has 17 heavy (non-hydrogen) atoms. The Labute approximate surface area is 101 Å². The normalized spacial score (nSPS) is 19.7. The van der Waals surface area contributed by atoms with Crippen LogP contribution in [0, 0.1) is 0 Å². The molecule has 0 atom stereocenters. The number of hydrogen-bond acceptors (Lipinski definition) is 6. The molecule has 0 saturated carbocycles. The third kappa shape index (κ3) is 3.07. The summed E-state index contributed by atoms with van der Waals surface area (Å²) in [5.41, 5.74) is 3.43. The molecule has 0 bridgehead atoms. The lowest BCUT2D eigenvalue weighted by molar-refractivity contribution is 0.597. The summed E-state index contributed by atoms with van der Waals surface area (Å²) in [6, 6.07) is 3.68. The average Bonchev–Trinajstić information content (AvgIpc) is 2.50. The van der Waals surface area contributed by atoms with Crippen molar-refractivity contribution in [1.29, 1.82) is 0 Å². The molecule has 7 heteroatoms. The topological polar surface area (TPSA) is 88.3 Å². The molecule has 0 aromatic carbocycles. The largest absolute Gasteiger partial charge is 0.370 e. The number of nitrogens with one attached hydrogen (secondary N) is 1. The van der Waals surface area contributed by atoms with E-state index in [9.17, 15) is 8.42 Å². The first-order valence-corrected chi connectivity index (χ1v) is 7.31. The van der Waals surface area contributed by atoms with Gasteiger partial charge in [0.25, 0.3) is 0 Å². The van der Waals surface area contributed by atoms with Gasteiger partial charge in [-0.25, -0.2) is 19.2 Å². The van der Waals surface area contributed by atoms with Crippen LogP contribution < -0.4 is 16.2 Å². The molecule has 94 valence electrons. The second-order valence-electron chi connectivity index (χ2n) is 4.04. The molecule has 1 saturated heterocycles. The number of anilines is 2. The Balaban J connectivity index is 2.16. The number of aromatic nitrogens is 1. The zero-order valence-electron chi connectivity index (χ0n) is 9.46. The van der Waals surface area contributed by atoms with E-state index in [2.05, 4.69) is 10.4 Å². The first-order valence-electron chi connectivity index (χ1n) is 5.49. The maximum atomic E-state index is 11.5. The average molecular weight is 256 g/mol. The monoisotopic (exact) mass is 256 g/mol. The number of sulfone groups is 1. The second kappa shape index (κ2) is 4.89. The van der Waals surface area contributed by atoms with Crippen molar-refractivity contribution in [2.45, 2.75) is 6.42 Å². The smallest absolute Gasteiger partial charge is 0.152 e. The van der Waals surface area contributed by atoms with E-state index in [4.69, 9.17) is 5.84 Å². The summed E-state index contributed by atoms with van der Waals surface area (Å²) >= 11 is 0. The van der Waals surface area contributed by atoms with Gasteiger partial charge in [-0.15, -0.1) is 0 Å². The number of hydrazine groups is 1. The summed E-state index contributed by atoms with van der Waals surface area (Å²) in [7, 11) is -2.87. The molecular formula is C10H16N4O2S. The Bertz CT molecular complexity index is 489. The quantitative estimate of drug-likeness (QED) is 0.571. The van der Waals surface area contributed by atoms with Gasteiger partial charge >= 0.3 is 0 Å². The molecule has 0 amide bonds. The van der Waals surface area contributed by atoms with Crippen LogP contribution >= 0.6 is 0 Å². The van der Waals surface area contributed by atoms with Crippen LogP contribution in [0.3, 0.4) is 0 Å². The Morgan fingerprint density at radius 2 is 2.18 bits per heavy atom. The Hall–Kier alpha value is -1.34. The second-order valence-corrected chi connectivity index (χ2v) is 6.34. The third-order valence-electron chi connectivity index (χ3n) is 2.81. The molecule has 1 aliphatic heterocycles. The fourth-order valence-electron chi connectivity index (χ4n) is 1.89. The highest BCUT2D eigenvalue weighted by Gasteiger charge is 2.19. The third-order valence-corrected chi connectivity index (χ3v) is 4.53. The fourth-order valence-corrected chi connectivity index (χ4v) is 3.16. The van der Waals surface area contributed by atoms with Crippen molar-refractivity contribution in [1.82, 2.24) is 4.98 Å². The van der Waals surface area contributed by atoms with E-state index in [0.717, 1.165) is 12.2 Å². The van der Waals surface area contributed by atoms with E-state index >= 15 is 0 Å². The van der Waals surface area contributed by atoms with Crippen LogP contribution in [0.5, 0.6) is 0 Å². The van der Waals surface area contributed by atoms with Crippen molar-refractivity contribution in [2.75, 3.05) is 34.9 Å². The summed E-state index contributed by atoms with van der Waals surface area (Å²) in [6.45, 7) is 1.27. The molecular weight excluding hydrogens is 240 g/mol. The van der Waals surface area contributed by atoms with Crippen LogP contribution in [0.1, 0.15) is 6.42 Å². The van der Waals surface area contributed by atoms with Crippen LogP contribution in [-0.4, -0.2) is 38.0 Å². The van der Waals surface area contributed by atoms with Crippen molar-refractivity contribution >= 4 is 21.3 Å². The summed E-state index contributed by atoms with van der Waals surface area (Å²) < 4.78 is 23.0. The molecule has 1 aliphatic rings. The molecule has 1 fully saturated rings. The van der Waals surface area contributed by atoms with Gasteiger partial charge in [0, 0.05) is 31.0 Å². The molecule has 2 heterocycles. The lowest BCUT2D eigenvalue weighted by Gasteiger charge is -2.22. The van der Waals surface area contributed by atoms with Crippen molar-refractivity contribution in [2.24, 2.45) is 5.84 Å². The van der Waals surface area contributed by atoms with Crippen LogP contribution in [0.4, 0.5) is 11.5 Å². The highest BCUT2D eigenvalue weighted by Crippen LogP contribution is 2.19.